The Bertz CT molecular complexity index is 1130. The molecule has 1 N–H and O–H groups in total. The second kappa shape index (κ2) is 7.03. The smallest absolute Gasteiger partial charge is 0.263 e. The Morgan fingerprint density at radius 1 is 1.19 bits per heavy atom. The fourth-order valence-electron chi connectivity index (χ4n) is 2.58. The third kappa shape index (κ3) is 3.29. The Labute approximate surface area is 161 Å². The van der Waals surface area contributed by atoms with Crippen LogP contribution in [0.1, 0.15) is 0 Å². The van der Waals surface area contributed by atoms with E-state index in [1.165, 1.54) is 22.2 Å². The standard InChI is InChI=1S/C18H12ClN3O2S2/c19-11-3-5-12(6-4-11)21-15(23)8-22-10-20-17-16(18(22)24)13(9-26-17)14-2-1-7-25-14/h1-7,9-10H,8H2,(H,21,23). The molecule has 0 aliphatic heterocycles. The number of rotatable bonds is 4. The van der Waals surface area contributed by atoms with Gasteiger partial charge in [-0.1, -0.05) is 17.7 Å². The minimum atomic E-state index is -0.302. The van der Waals surface area contributed by atoms with Crippen LogP contribution < -0.4 is 10.9 Å². The molecule has 0 bridgehead atoms. The van der Waals surface area contributed by atoms with Crippen molar-refractivity contribution >= 4 is 56.1 Å². The summed E-state index contributed by atoms with van der Waals surface area (Å²) in [5.74, 6) is -0.302. The van der Waals surface area contributed by atoms with Gasteiger partial charge in [-0.25, -0.2) is 4.98 Å². The first kappa shape index (κ1) is 17.0. The minimum absolute atomic E-state index is 0.107. The van der Waals surface area contributed by atoms with Gasteiger partial charge in [0.2, 0.25) is 5.91 Å². The fourth-order valence-corrected chi connectivity index (χ4v) is 4.43. The van der Waals surface area contributed by atoms with Gasteiger partial charge >= 0.3 is 0 Å². The van der Waals surface area contributed by atoms with E-state index in [-0.39, 0.29) is 18.0 Å². The molecule has 0 aliphatic rings. The van der Waals surface area contributed by atoms with Crippen LogP contribution in [0.2, 0.25) is 5.02 Å². The minimum Gasteiger partial charge on any atom is -0.325 e. The number of thiophene rings is 2. The normalized spacial score (nSPS) is 11.0. The Morgan fingerprint density at radius 2 is 2.00 bits per heavy atom. The molecule has 3 heterocycles. The van der Waals surface area contributed by atoms with Gasteiger partial charge in [-0.2, -0.15) is 0 Å². The summed E-state index contributed by atoms with van der Waals surface area (Å²) >= 11 is 8.83. The molecule has 8 heteroatoms. The van der Waals surface area contributed by atoms with Crippen molar-refractivity contribution in [3.63, 3.8) is 0 Å². The highest BCUT2D eigenvalue weighted by Gasteiger charge is 2.15. The Balaban J connectivity index is 1.63. The molecule has 0 aliphatic carbocycles. The van der Waals surface area contributed by atoms with Crippen LogP contribution in [0.25, 0.3) is 20.7 Å². The van der Waals surface area contributed by atoms with Gasteiger partial charge in [0.1, 0.15) is 11.4 Å². The molecule has 3 aromatic heterocycles. The Morgan fingerprint density at radius 3 is 2.73 bits per heavy atom. The third-order valence-corrected chi connectivity index (χ3v) is 5.83. The number of carbonyl (C=O) groups excluding carboxylic acids is 1. The largest absolute Gasteiger partial charge is 0.325 e. The van der Waals surface area contributed by atoms with E-state index in [4.69, 9.17) is 11.6 Å². The summed E-state index contributed by atoms with van der Waals surface area (Å²) in [5, 5.41) is 7.79. The van der Waals surface area contributed by atoms with Gasteiger partial charge in [-0.3, -0.25) is 14.2 Å². The van der Waals surface area contributed by atoms with E-state index in [1.807, 2.05) is 22.9 Å². The first-order valence-electron chi connectivity index (χ1n) is 7.68. The number of benzene rings is 1. The van der Waals surface area contributed by atoms with E-state index in [1.54, 1.807) is 35.6 Å². The average Bonchev–Trinajstić information content (AvgIpc) is 3.29. The van der Waals surface area contributed by atoms with Gasteiger partial charge in [-0.15, -0.1) is 22.7 Å². The average molecular weight is 402 g/mol. The van der Waals surface area contributed by atoms with Gasteiger partial charge in [0.25, 0.3) is 5.56 Å². The second-order valence-electron chi connectivity index (χ2n) is 5.54. The first-order chi connectivity index (χ1) is 12.6. The molecule has 0 radical (unpaired) electrons. The molecule has 0 saturated carbocycles. The number of hydrogen-bond donors (Lipinski definition) is 1. The summed E-state index contributed by atoms with van der Waals surface area (Å²) in [5.41, 5.74) is 1.27. The summed E-state index contributed by atoms with van der Waals surface area (Å²) in [4.78, 5) is 31.2. The number of nitrogens with zero attached hydrogens (tertiary/aromatic N) is 2. The third-order valence-electron chi connectivity index (χ3n) is 3.79. The SMILES string of the molecule is O=C(Cn1cnc2scc(-c3cccs3)c2c1=O)Nc1ccc(Cl)cc1. The van der Waals surface area contributed by atoms with Crippen LogP contribution in [0, 0.1) is 0 Å². The van der Waals surface area contributed by atoms with Crippen LogP contribution in [0.15, 0.2) is 58.3 Å². The number of fused-ring (bicyclic) bond motifs is 1. The Hall–Kier alpha value is -2.48. The summed E-state index contributed by atoms with van der Waals surface area (Å²) in [6.45, 7) is -0.107. The van der Waals surface area contributed by atoms with E-state index in [2.05, 4.69) is 10.3 Å². The molecule has 0 unspecified atom stereocenters. The van der Waals surface area contributed by atoms with Crippen LogP contribution >= 0.6 is 34.3 Å². The van der Waals surface area contributed by atoms with Crippen LogP contribution in [0.3, 0.4) is 0 Å². The molecule has 0 spiro atoms. The van der Waals surface area contributed by atoms with E-state index in [9.17, 15) is 9.59 Å². The van der Waals surface area contributed by atoms with Crippen molar-refractivity contribution in [1.82, 2.24) is 9.55 Å². The zero-order valence-electron chi connectivity index (χ0n) is 13.3. The number of nitrogens with one attached hydrogen (secondary N) is 1. The van der Waals surface area contributed by atoms with Gasteiger partial charge in [0, 0.05) is 26.5 Å². The van der Waals surface area contributed by atoms with Crippen molar-refractivity contribution in [2.75, 3.05) is 5.32 Å². The summed E-state index contributed by atoms with van der Waals surface area (Å²) in [6, 6.07) is 10.7. The van der Waals surface area contributed by atoms with Crippen molar-refractivity contribution in [3.8, 4) is 10.4 Å². The topological polar surface area (TPSA) is 64.0 Å². The van der Waals surface area contributed by atoms with E-state index < -0.39 is 0 Å². The molecule has 5 nitrogen and oxygen atoms in total. The van der Waals surface area contributed by atoms with Crippen molar-refractivity contribution in [2.24, 2.45) is 0 Å². The van der Waals surface area contributed by atoms with Gasteiger partial charge < -0.3 is 5.32 Å². The quantitative estimate of drug-likeness (QED) is 0.548. The maximum absolute atomic E-state index is 12.9. The molecule has 26 heavy (non-hydrogen) atoms. The van der Waals surface area contributed by atoms with E-state index >= 15 is 0 Å². The molecule has 0 atom stereocenters. The number of halogens is 1. The summed E-state index contributed by atoms with van der Waals surface area (Å²) in [7, 11) is 0. The number of anilines is 1. The van der Waals surface area contributed by atoms with Crippen LogP contribution in [0.4, 0.5) is 5.69 Å². The second-order valence-corrected chi connectivity index (χ2v) is 7.78. The zero-order valence-corrected chi connectivity index (χ0v) is 15.7. The molecule has 4 aromatic rings. The first-order valence-corrected chi connectivity index (χ1v) is 9.81. The van der Waals surface area contributed by atoms with Crippen LogP contribution in [-0.4, -0.2) is 15.5 Å². The number of carbonyl (C=O) groups is 1. The highest BCUT2D eigenvalue weighted by Crippen LogP contribution is 2.33. The van der Waals surface area contributed by atoms with Crippen LogP contribution in [0.5, 0.6) is 0 Å². The molecule has 1 aromatic carbocycles. The van der Waals surface area contributed by atoms with Crippen LogP contribution in [-0.2, 0) is 11.3 Å². The van der Waals surface area contributed by atoms with E-state index in [0.717, 1.165) is 10.4 Å². The number of aromatic nitrogens is 2. The van der Waals surface area contributed by atoms with Gasteiger partial charge in [-0.05, 0) is 35.7 Å². The monoisotopic (exact) mass is 401 g/mol. The highest BCUT2D eigenvalue weighted by atomic mass is 35.5. The Kier molecular flexibility index (Phi) is 4.58. The summed E-state index contributed by atoms with van der Waals surface area (Å²) in [6.07, 6.45) is 1.42. The van der Waals surface area contributed by atoms with Crippen molar-refractivity contribution < 1.29 is 4.79 Å². The van der Waals surface area contributed by atoms with Crippen molar-refractivity contribution in [3.05, 3.63) is 68.9 Å². The number of hydrogen-bond acceptors (Lipinski definition) is 5. The lowest BCUT2D eigenvalue weighted by Gasteiger charge is -2.07. The maximum Gasteiger partial charge on any atom is 0.263 e. The lowest BCUT2D eigenvalue weighted by Crippen LogP contribution is -2.27. The highest BCUT2D eigenvalue weighted by molar-refractivity contribution is 7.18. The zero-order chi connectivity index (χ0) is 18.1. The lowest BCUT2D eigenvalue weighted by atomic mass is 10.2. The van der Waals surface area contributed by atoms with Crippen molar-refractivity contribution in [1.29, 1.82) is 0 Å². The van der Waals surface area contributed by atoms with Gasteiger partial charge in [0.15, 0.2) is 0 Å². The molecular formula is C18H12ClN3O2S2. The van der Waals surface area contributed by atoms with Gasteiger partial charge in [0.05, 0.1) is 11.7 Å². The summed E-state index contributed by atoms with van der Waals surface area (Å²) < 4.78 is 1.33. The molecule has 4 rings (SSSR count). The molecule has 0 fully saturated rings. The lowest BCUT2D eigenvalue weighted by molar-refractivity contribution is -0.116. The molecule has 130 valence electrons. The molecule has 1 amide bonds. The number of amides is 1. The van der Waals surface area contributed by atoms with Crippen molar-refractivity contribution in [2.45, 2.75) is 6.54 Å². The molecular weight excluding hydrogens is 390 g/mol. The fraction of sp³-hybridized carbons (Fsp3) is 0.0556. The molecule has 0 saturated heterocycles. The predicted octanol–water partition coefficient (Wildman–Crippen LogP) is 4.48. The maximum atomic E-state index is 12.9. The van der Waals surface area contributed by atoms with E-state index in [0.29, 0.717) is 20.9 Å². The predicted molar refractivity (Wildman–Crippen MR) is 107 cm³/mol.